The van der Waals surface area contributed by atoms with Gasteiger partial charge < -0.3 is 20.1 Å². The van der Waals surface area contributed by atoms with Gasteiger partial charge in [0.15, 0.2) is 0 Å². The van der Waals surface area contributed by atoms with Gasteiger partial charge in [-0.15, -0.1) is 0 Å². The molecule has 2 amide bonds. The molecule has 1 heterocycles. The fourth-order valence-corrected chi connectivity index (χ4v) is 2.11. The van der Waals surface area contributed by atoms with Gasteiger partial charge >= 0.3 is 6.03 Å². The summed E-state index contributed by atoms with van der Waals surface area (Å²) in [5.74, 6) is 0.595. The van der Waals surface area contributed by atoms with Crippen LogP contribution in [-0.4, -0.2) is 50.4 Å². The van der Waals surface area contributed by atoms with Gasteiger partial charge in [0, 0.05) is 26.3 Å². The Hall–Kier alpha value is -0.810. The Morgan fingerprint density at radius 2 is 2.12 bits per heavy atom. The molecule has 0 aromatic carbocycles. The van der Waals surface area contributed by atoms with Crippen molar-refractivity contribution in [3.05, 3.63) is 0 Å². The molecular weight excluding hydrogens is 220 g/mol. The number of carbonyl (C=O) groups excluding carboxylic acids is 1. The number of urea groups is 1. The van der Waals surface area contributed by atoms with Crippen molar-refractivity contribution < 1.29 is 14.3 Å². The molecule has 1 fully saturated rings. The first-order valence-electron chi connectivity index (χ1n) is 6.44. The first-order chi connectivity index (χ1) is 8.24. The van der Waals surface area contributed by atoms with Crippen LogP contribution in [0.4, 0.5) is 4.79 Å². The molecule has 0 aromatic rings. The Morgan fingerprint density at radius 1 is 1.35 bits per heavy atom. The molecule has 1 rings (SSSR count). The zero-order chi connectivity index (χ0) is 12.5. The third-order valence-corrected chi connectivity index (χ3v) is 3.07. The molecule has 5 heteroatoms. The normalized spacial score (nSPS) is 19.8. The molecule has 100 valence electrons. The van der Waals surface area contributed by atoms with Crippen molar-refractivity contribution in [2.45, 2.75) is 26.2 Å². The number of primary amides is 1. The minimum absolute atomic E-state index is 0.291. The van der Waals surface area contributed by atoms with Crippen LogP contribution in [0.15, 0.2) is 0 Å². The van der Waals surface area contributed by atoms with Crippen molar-refractivity contribution in [3.63, 3.8) is 0 Å². The molecule has 1 saturated heterocycles. The molecule has 1 aliphatic rings. The molecule has 0 aromatic heterocycles. The predicted molar refractivity (Wildman–Crippen MR) is 65.8 cm³/mol. The quantitative estimate of drug-likeness (QED) is 0.653. The van der Waals surface area contributed by atoms with E-state index in [1.54, 1.807) is 4.90 Å². The molecule has 1 aliphatic heterocycles. The highest BCUT2D eigenvalue weighted by molar-refractivity contribution is 5.72. The lowest BCUT2D eigenvalue weighted by Crippen LogP contribution is -2.33. The number of hydrogen-bond acceptors (Lipinski definition) is 3. The number of amides is 2. The van der Waals surface area contributed by atoms with Crippen molar-refractivity contribution in [1.82, 2.24) is 4.90 Å². The lowest BCUT2D eigenvalue weighted by Gasteiger charge is -2.13. The van der Waals surface area contributed by atoms with E-state index in [2.05, 4.69) is 0 Å². The maximum absolute atomic E-state index is 10.9. The number of rotatable bonds is 8. The third kappa shape index (κ3) is 5.89. The highest BCUT2D eigenvalue weighted by Gasteiger charge is 2.23. The van der Waals surface area contributed by atoms with Crippen LogP contribution in [0.1, 0.15) is 26.2 Å². The van der Waals surface area contributed by atoms with Crippen LogP contribution >= 0.6 is 0 Å². The lowest BCUT2D eigenvalue weighted by atomic mass is 10.0. The van der Waals surface area contributed by atoms with Crippen LogP contribution in [0.3, 0.4) is 0 Å². The zero-order valence-electron chi connectivity index (χ0n) is 10.7. The SMILES string of the molecule is CCOCCOCCCC1CCN(C(N)=O)C1. The first-order valence-corrected chi connectivity index (χ1v) is 6.44. The molecular formula is C12H24N2O3. The molecule has 17 heavy (non-hydrogen) atoms. The summed E-state index contributed by atoms with van der Waals surface area (Å²) < 4.78 is 10.6. The minimum atomic E-state index is -0.291. The van der Waals surface area contributed by atoms with E-state index < -0.39 is 0 Å². The number of carbonyl (C=O) groups is 1. The Morgan fingerprint density at radius 3 is 2.76 bits per heavy atom. The Kier molecular flexibility index (Phi) is 6.96. The van der Waals surface area contributed by atoms with Crippen LogP contribution in [-0.2, 0) is 9.47 Å². The number of likely N-dealkylation sites (tertiary alicyclic amines) is 1. The summed E-state index contributed by atoms with van der Waals surface area (Å²) in [5, 5.41) is 0. The molecule has 0 spiro atoms. The Bertz CT molecular complexity index is 224. The summed E-state index contributed by atoms with van der Waals surface area (Å²) in [5.41, 5.74) is 5.23. The van der Waals surface area contributed by atoms with Gasteiger partial charge in [0.2, 0.25) is 0 Å². The van der Waals surface area contributed by atoms with Crippen LogP contribution in [0.2, 0.25) is 0 Å². The van der Waals surface area contributed by atoms with Gasteiger partial charge in [-0.1, -0.05) is 0 Å². The first kappa shape index (κ1) is 14.3. The maximum atomic E-state index is 10.9. The van der Waals surface area contributed by atoms with Crippen molar-refractivity contribution in [2.24, 2.45) is 11.7 Å². The number of nitrogens with zero attached hydrogens (tertiary/aromatic N) is 1. The molecule has 0 radical (unpaired) electrons. The van der Waals surface area contributed by atoms with Crippen LogP contribution in [0.25, 0.3) is 0 Å². The second kappa shape index (κ2) is 8.31. The molecule has 1 atom stereocenters. The van der Waals surface area contributed by atoms with Gasteiger partial charge in [0.25, 0.3) is 0 Å². The molecule has 5 nitrogen and oxygen atoms in total. The highest BCUT2D eigenvalue weighted by atomic mass is 16.5. The summed E-state index contributed by atoms with van der Waals surface area (Å²) in [6.07, 6.45) is 3.23. The average Bonchev–Trinajstić information content (AvgIpc) is 2.77. The fraction of sp³-hybridized carbons (Fsp3) is 0.917. The average molecular weight is 244 g/mol. The van der Waals surface area contributed by atoms with E-state index >= 15 is 0 Å². The van der Waals surface area contributed by atoms with Crippen molar-refractivity contribution in [3.8, 4) is 0 Å². The van der Waals surface area contributed by atoms with Gasteiger partial charge in [-0.3, -0.25) is 0 Å². The number of ether oxygens (including phenoxy) is 2. The second-order valence-electron chi connectivity index (χ2n) is 4.39. The third-order valence-electron chi connectivity index (χ3n) is 3.07. The van der Waals surface area contributed by atoms with E-state index in [-0.39, 0.29) is 6.03 Å². The van der Waals surface area contributed by atoms with E-state index in [0.29, 0.717) is 19.1 Å². The van der Waals surface area contributed by atoms with Gasteiger partial charge in [-0.25, -0.2) is 4.79 Å². The monoisotopic (exact) mass is 244 g/mol. The Labute approximate surface area is 103 Å². The van der Waals surface area contributed by atoms with Crippen molar-refractivity contribution in [2.75, 3.05) is 39.5 Å². The van der Waals surface area contributed by atoms with E-state index in [4.69, 9.17) is 15.2 Å². The highest BCUT2D eigenvalue weighted by Crippen LogP contribution is 2.20. The second-order valence-corrected chi connectivity index (χ2v) is 4.39. The fourth-order valence-electron chi connectivity index (χ4n) is 2.11. The maximum Gasteiger partial charge on any atom is 0.314 e. The van der Waals surface area contributed by atoms with Crippen LogP contribution < -0.4 is 5.73 Å². The van der Waals surface area contributed by atoms with Gasteiger partial charge in [-0.2, -0.15) is 0 Å². The number of nitrogens with two attached hydrogens (primary N) is 1. The molecule has 2 N–H and O–H groups in total. The summed E-state index contributed by atoms with van der Waals surface area (Å²) >= 11 is 0. The van der Waals surface area contributed by atoms with E-state index in [1.807, 2.05) is 6.92 Å². The molecule has 1 unspecified atom stereocenters. The smallest absolute Gasteiger partial charge is 0.314 e. The molecule has 0 aliphatic carbocycles. The van der Waals surface area contributed by atoms with Gasteiger partial charge in [0.05, 0.1) is 13.2 Å². The topological polar surface area (TPSA) is 64.8 Å². The summed E-state index contributed by atoms with van der Waals surface area (Å²) in [4.78, 5) is 12.7. The molecule has 0 bridgehead atoms. The lowest BCUT2D eigenvalue weighted by molar-refractivity contribution is 0.0503. The zero-order valence-corrected chi connectivity index (χ0v) is 10.7. The van der Waals surface area contributed by atoms with Crippen molar-refractivity contribution in [1.29, 1.82) is 0 Å². The number of hydrogen-bond donors (Lipinski definition) is 1. The van der Waals surface area contributed by atoms with Gasteiger partial charge in [0.1, 0.15) is 0 Å². The minimum Gasteiger partial charge on any atom is -0.379 e. The van der Waals surface area contributed by atoms with Crippen molar-refractivity contribution >= 4 is 6.03 Å². The summed E-state index contributed by atoms with van der Waals surface area (Å²) in [6, 6.07) is -0.291. The summed E-state index contributed by atoms with van der Waals surface area (Å²) in [6.45, 7) is 6.47. The standard InChI is InChI=1S/C12H24N2O3/c1-2-16-8-9-17-7-3-4-11-5-6-14(10-11)12(13)15/h11H,2-10H2,1H3,(H2,13,15). The van der Waals surface area contributed by atoms with E-state index in [9.17, 15) is 4.79 Å². The van der Waals surface area contributed by atoms with Crippen LogP contribution in [0, 0.1) is 5.92 Å². The predicted octanol–water partition coefficient (Wildman–Crippen LogP) is 1.22. The van der Waals surface area contributed by atoms with E-state index in [1.165, 1.54) is 0 Å². The largest absolute Gasteiger partial charge is 0.379 e. The van der Waals surface area contributed by atoms with Crippen LogP contribution in [0.5, 0.6) is 0 Å². The summed E-state index contributed by atoms with van der Waals surface area (Å²) in [7, 11) is 0. The van der Waals surface area contributed by atoms with Gasteiger partial charge in [-0.05, 0) is 32.1 Å². The van der Waals surface area contributed by atoms with E-state index in [0.717, 1.165) is 45.6 Å². The molecule has 0 saturated carbocycles. The Balaban J connectivity index is 1.92.